The maximum absolute atomic E-state index is 5.77. The number of nitrogens with two attached hydrogens (primary N) is 1. The number of ether oxygens (including phenoxy) is 3. The molecule has 4 nitrogen and oxygen atoms in total. The lowest BCUT2D eigenvalue weighted by Crippen LogP contribution is -1.95. The summed E-state index contributed by atoms with van der Waals surface area (Å²) in [6, 6.07) is 11.5. The first kappa shape index (κ1) is 14.8. The second-order valence-corrected chi connectivity index (χ2v) is 4.46. The Bertz CT molecular complexity index is 625. The van der Waals surface area contributed by atoms with E-state index in [2.05, 4.69) is 0 Å². The Labute approximate surface area is 124 Å². The second kappa shape index (κ2) is 6.70. The number of hydrogen-bond acceptors (Lipinski definition) is 4. The zero-order valence-corrected chi connectivity index (χ0v) is 12.4. The summed E-state index contributed by atoms with van der Waals surface area (Å²) in [6.07, 6.45) is 3.95. The molecule has 0 fully saturated rings. The van der Waals surface area contributed by atoms with E-state index in [0.717, 1.165) is 16.8 Å². The van der Waals surface area contributed by atoms with Crippen LogP contribution in [-0.4, -0.2) is 21.3 Å². The number of benzene rings is 2. The van der Waals surface area contributed by atoms with Crippen LogP contribution in [0.15, 0.2) is 36.4 Å². The smallest absolute Gasteiger partial charge is 0.203 e. The quantitative estimate of drug-likeness (QED) is 0.675. The van der Waals surface area contributed by atoms with Gasteiger partial charge in [0.1, 0.15) is 0 Å². The topological polar surface area (TPSA) is 53.7 Å². The molecule has 0 saturated heterocycles. The van der Waals surface area contributed by atoms with E-state index in [4.69, 9.17) is 19.9 Å². The minimum Gasteiger partial charge on any atom is -0.493 e. The van der Waals surface area contributed by atoms with Crippen molar-refractivity contribution in [1.82, 2.24) is 0 Å². The van der Waals surface area contributed by atoms with E-state index >= 15 is 0 Å². The van der Waals surface area contributed by atoms with Crippen molar-refractivity contribution < 1.29 is 14.2 Å². The van der Waals surface area contributed by atoms with Crippen molar-refractivity contribution in [2.24, 2.45) is 0 Å². The standard InChI is InChI=1S/C17H19NO3/c1-19-15-10-13(11-16(20-2)17(15)21-3)8-7-12-5-4-6-14(18)9-12/h4-11H,18H2,1-3H3/b8-7+. The van der Waals surface area contributed by atoms with Crippen LogP contribution in [0.2, 0.25) is 0 Å². The molecule has 0 bridgehead atoms. The van der Waals surface area contributed by atoms with Gasteiger partial charge in [0.15, 0.2) is 11.5 Å². The van der Waals surface area contributed by atoms with Gasteiger partial charge in [-0.1, -0.05) is 24.3 Å². The molecule has 0 aromatic heterocycles. The van der Waals surface area contributed by atoms with Gasteiger partial charge in [-0.2, -0.15) is 0 Å². The van der Waals surface area contributed by atoms with E-state index < -0.39 is 0 Å². The Hall–Kier alpha value is -2.62. The molecular weight excluding hydrogens is 266 g/mol. The molecule has 4 heteroatoms. The Morgan fingerprint density at radius 1 is 0.810 bits per heavy atom. The molecule has 2 aromatic carbocycles. The highest BCUT2D eigenvalue weighted by Gasteiger charge is 2.11. The Morgan fingerprint density at radius 2 is 1.43 bits per heavy atom. The summed E-state index contributed by atoms with van der Waals surface area (Å²) in [6.45, 7) is 0. The number of methoxy groups -OCH3 is 3. The second-order valence-electron chi connectivity index (χ2n) is 4.46. The van der Waals surface area contributed by atoms with Gasteiger partial charge in [0, 0.05) is 5.69 Å². The lowest BCUT2D eigenvalue weighted by Gasteiger charge is -2.12. The summed E-state index contributed by atoms with van der Waals surface area (Å²) in [5.74, 6) is 1.84. The van der Waals surface area contributed by atoms with Crippen LogP contribution >= 0.6 is 0 Å². The first-order chi connectivity index (χ1) is 10.2. The fourth-order valence-corrected chi connectivity index (χ4v) is 2.05. The lowest BCUT2D eigenvalue weighted by molar-refractivity contribution is 0.324. The number of nitrogen functional groups attached to an aromatic ring is 1. The molecular formula is C17H19NO3. The van der Waals surface area contributed by atoms with Crippen LogP contribution < -0.4 is 19.9 Å². The minimum atomic E-state index is 0.584. The first-order valence-corrected chi connectivity index (χ1v) is 6.51. The third-order valence-electron chi connectivity index (χ3n) is 3.07. The van der Waals surface area contributed by atoms with Gasteiger partial charge in [-0.25, -0.2) is 0 Å². The maximum atomic E-state index is 5.77. The van der Waals surface area contributed by atoms with Crippen molar-refractivity contribution in [2.45, 2.75) is 0 Å². The molecule has 0 aliphatic rings. The van der Waals surface area contributed by atoms with Gasteiger partial charge in [0.2, 0.25) is 5.75 Å². The molecule has 0 radical (unpaired) electrons. The summed E-state index contributed by atoms with van der Waals surface area (Å²) in [5, 5.41) is 0. The minimum absolute atomic E-state index is 0.584. The van der Waals surface area contributed by atoms with E-state index in [1.54, 1.807) is 21.3 Å². The van der Waals surface area contributed by atoms with E-state index in [9.17, 15) is 0 Å². The van der Waals surface area contributed by atoms with Crippen molar-refractivity contribution in [1.29, 1.82) is 0 Å². The van der Waals surface area contributed by atoms with E-state index in [1.807, 2.05) is 48.6 Å². The van der Waals surface area contributed by atoms with Gasteiger partial charge in [-0.15, -0.1) is 0 Å². The summed E-state index contributed by atoms with van der Waals surface area (Å²) in [7, 11) is 4.79. The van der Waals surface area contributed by atoms with Gasteiger partial charge in [0.25, 0.3) is 0 Å². The molecule has 0 aliphatic heterocycles. The largest absolute Gasteiger partial charge is 0.493 e. The molecule has 21 heavy (non-hydrogen) atoms. The van der Waals surface area contributed by atoms with E-state index in [0.29, 0.717) is 17.2 Å². The molecule has 0 aliphatic carbocycles. The number of hydrogen-bond donors (Lipinski definition) is 1. The van der Waals surface area contributed by atoms with E-state index in [1.165, 1.54) is 0 Å². The molecule has 0 atom stereocenters. The fraction of sp³-hybridized carbons (Fsp3) is 0.176. The Kier molecular flexibility index (Phi) is 4.72. The van der Waals surface area contributed by atoms with Crippen molar-refractivity contribution >= 4 is 17.8 Å². The lowest BCUT2D eigenvalue weighted by atomic mass is 10.1. The van der Waals surface area contributed by atoms with Crippen LogP contribution in [0.4, 0.5) is 5.69 Å². The highest BCUT2D eigenvalue weighted by Crippen LogP contribution is 2.38. The predicted octanol–water partition coefficient (Wildman–Crippen LogP) is 3.47. The van der Waals surface area contributed by atoms with Crippen LogP contribution in [0.25, 0.3) is 12.2 Å². The molecule has 2 aromatic rings. The zero-order chi connectivity index (χ0) is 15.2. The highest BCUT2D eigenvalue weighted by atomic mass is 16.5. The van der Waals surface area contributed by atoms with Gasteiger partial charge in [-0.05, 0) is 35.4 Å². The van der Waals surface area contributed by atoms with Crippen molar-refractivity contribution in [3.05, 3.63) is 47.5 Å². The van der Waals surface area contributed by atoms with Gasteiger partial charge >= 0.3 is 0 Å². The van der Waals surface area contributed by atoms with Crippen molar-refractivity contribution in [2.75, 3.05) is 27.1 Å². The maximum Gasteiger partial charge on any atom is 0.203 e. The van der Waals surface area contributed by atoms with Crippen LogP contribution in [0.1, 0.15) is 11.1 Å². The first-order valence-electron chi connectivity index (χ1n) is 6.51. The Balaban J connectivity index is 2.36. The molecule has 2 rings (SSSR count). The van der Waals surface area contributed by atoms with Gasteiger partial charge in [-0.3, -0.25) is 0 Å². The van der Waals surface area contributed by atoms with Crippen LogP contribution in [-0.2, 0) is 0 Å². The molecule has 0 spiro atoms. The third kappa shape index (κ3) is 3.48. The molecule has 0 amide bonds. The average Bonchev–Trinajstić information content (AvgIpc) is 2.51. The van der Waals surface area contributed by atoms with Gasteiger partial charge in [0.05, 0.1) is 21.3 Å². The molecule has 0 unspecified atom stereocenters. The SMILES string of the molecule is COc1cc(/C=C/c2cccc(N)c2)cc(OC)c1OC. The molecule has 0 heterocycles. The highest BCUT2D eigenvalue weighted by molar-refractivity contribution is 5.73. The zero-order valence-electron chi connectivity index (χ0n) is 12.4. The summed E-state index contributed by atoms with van der Waals surface area (Å²) < 4.78 is 16.0. The normalized spacial score (nSPS) is 10.6. The van der Waals surface area contributed by atoms with Crippen LogP contribution in [0, 0.1) is 0 Å². The van der Waals surface area contributed by atoms with Crippen molar-refractivity contribution in [3.8, 4) is 17.2 Å². The molecule has 0 saturated carbocycles. The van der Waals surface area contributed by atoms with E-state index in [-0.39, 0.29) is 0 Å². The number of anilines is 1. The number of rotatable bonds is 5. The fourth-order valence-electron chi connectivity index (χ4n) is 2.05. The Morgan fingerprint density at radius 3 is 1.95 bits per heavy atom. The van der Waals surface area contributed by atoms with Crippen LogP contribution in [0.3, 0.4) is 0 Å². The summed E-state index contributed by atoms with van der Waals surface area (Å²) in [5.41, 5.74) is 8.49. The third-order valence-corrected chi connectivity index (χ3v) is 3.07. The summed E-state index contributed by atoms with van der Waals surface area (Å²) in [4.78, 5) is 0. The predicted molar refractivity (Wildman–Crippen MR) is 85.9 cm³/mol. The molecule has 2 N–H and O–H groups in total. The van der Waals surface area contributed by atoms with Crippen molar-refractivity contribution in [3.63, 3.8) is 0 Å². The van der Waals surface area contributed by atoms with Gasteiger partial charge < -0.3 is 19.9 Å². The summed E-state index contributed by atoms with van der Waals surface area (Å²) >= 11 is 0. The average molecular weight is 285 g/mol. The monoisotopic (exact) mass is 285 g/mol. The molecule has 110 valence electrons. The van der Waals surface area contributed by atoms with Crippen LogP contribution in [0.5, 0.6) is 17.2 Å².